The molecule has 1 aliphatic rings. The van der Waals surface area contributed by atoms with Crippen molar-refractivity contribution in [2.45, 2.75) is 45.6 Å². The van der Waals surface area contributed by atoms with E-state index in [4.69, 9.17) is 5.11 Å². The highest BCUT2D eigenvalue weighted by molar-refractivity contribution is 4.78. The summed E-state index contributed by atoms with van der Waals surface area (Å²) in [6.07, 6.45) is 4.87. The lowest BCUT2D eigenvalue weighted by atomic mass is 10.1. The molecule has 0 saturated carbocycles. The van der Waals surface area contributed by atoms with Crippen molar-refractivity contribution in [2.75, 3.05) is 19.7 Å². The molecule has 0 aromatic rings. The lowest BCUT2D eigenvalue weighted by Gasteiger charge is -2.23. The van der Waals surface area contributed by atoms with Crippen molar-refractivity contribution in [1.29, 1.82) is 0 Å². The summed E-state index contributed by atoms with van der Waals surface area (Å²) >= 11 is 0. The normalized spacial score (nSPS) is 26.5. The lowest BCUT2D eigenvalue weighted by Crippen LogP contribution is -2.30. The standard InChI is InChI=1S/C11H23NO/c1-3-4-10(2)12-7-5-11(9-12)6-8-13/h10-11,13H,3-9H2,1-2H3. The summed E-state index contributed by atoms with van der Waals surface area (Å²) < 4.78 is 0. The van der Waals surface area contributed by atoms with E-state index < -0.39 is 0 Å². The first-order chi connectivity index (χ1) is 6.27. The van der Waals surface area contributed by atoms with Gasteiger partial charge in [0.25, 0.3) is 0 Å². The topological polar surface area (TPSA) is 23.5 Å². The van der Waals surface area contributed by atoms with Crippen LogP contribution in [0, 0.1) is 5.92 Å². The van der Waals surface area contributed by atoms with Crippen LogP contribution in [-0.4, -0.2) is 35.7 Å². The van der Waals surface area contributed by atoms with Gasteiger partial charge in [0.1, 0.15) is 0 Å². The van der Waals surface area contributed by atoms with Crippen LogP contribution in [0.4, 0.5) is 0 Å². The molecule has 0 aliphatic carbocycles. The first kappa shape index (κ1) is 11.0. The van der Waals surface area contributed by atoms with Crippen molar-refractivity contribution in [3.63, 3.8) is 0 Å². The van der Waals surface area contributed by atoms with Gasteiger partial charge in [-0.3, -0.25) is 0 Å². The molecule has 1 fully saturated rings. The van der Waals surface area contributed by atoms with Crippen LogP contribution in [-0.2, 0) is 0 Å². The predicted molar refractivity (Wildman–Crippen MR) is 55.8 cm³/mol. The molecule has 0 aromatic carbocycles. The van der Waals surface area contributed by atoms with E-state index >= 15 is 0 Å². The summed E-state index contributed by atoms with van der Waals surface area (Å²) in [5.41, 5.74) is 0. The smallest absolute Gasteiger partial charge is 0.0434 e. The molecule has 2 atom stereocenters. The Hall–Kier alpha value is -0.0800. The highest BCUT2D eigenvalue weighted by Gasteiger charge is 2.24. The number of likely N-dealkylation sites (tertiary alicyclic amines) is 1. The number of hydrogen-bond donors (Lipinski definition) is 1. The van der Waals surface area contributed by atoms with E-state index in [2.05, 4.69) is 18.7 Å². The Kier molecular flexibility index (Phi) is 4.74. The summed E-state index contributed by atoms with van der Waals surface area (Å²) in [6.45, 7) is 7.39. The zero-order chi connectivity index (χ0) is 9.68. The fraction of sp³-hybridized carbons (Fsp3) is 1.00. The zero-order valence-electron chi connectivity index (χ0n) is 9.00. The molecule has 1 heterocycles. The summed E-state index contributed by atoms with van der Waals surface area (Å²) in [6, 6.07) is 0.744. The number of aliphatic hydroxyl groups is 1. The molecule has 0 bridgehead atoms. The Morgan fingerprint density at radius 2 is 2.31 bits per heavy atom. The van der Waals surface area contributed by atoms with Crippen LogP contribution in [0.1, 0.15) is 39.5 Å². The van der Waals surface area contributed by atoms with Crippen LogP contribution in [0.2, 0.25) is 0 Å². The van der Waals surface area contributed by atoms with Gasteiger partial charge in [-0.25, -0.2) is 0 Å². The number of nitrogens with zero attached hydrogens (tertiary/aromatic N) is 1. The molecule has 1 rings (SSSR count). The van der Waals surface area contributed by atoms with Gasteiger partial charge >= 0.3 is 0 Å². The molecular weight excluding hydrogens is 162 g/mol. The zero-order valence-corrected chi connectivity index (χ0v) is 9.00. The van der Waals surface area contributed by atoms with E-state index in [1.165, 1.54) is 32.4 Å². The molecule has 0 spiro atoms. The van der Waals surface area contributed by atoms with Gasteiger partial charge in [0, 0.05) is 19.2 Å². The van der Waals surface area contributed by atoms with E-state index in [9.17, 15) is 0 Å². The van der Waals surface area contributed by atoms with Gasteiger partial charge in [0.2, 0.25) is 0 Å². The molecule has 13 heavy (non-hydrogen) atoms. The third kappa shape index (κ3) is 3.28. The van der Waals surface area contributed by atoms with E-state index in [0.717, 1.165) is 18.4 Å². The third-order valence-corrected chi connectivity index (χ3v) is 3.18. The second-order valence-corrected chi connectivity index (χ2v) is 4.30. The molecule has 78 valence electrons. The maximum Gasteiger partial charge on any atom is 0.0434 e. The maximum absolute atomic E-state index is 8.84. The van der Waals surface area contributed by atoms with Crippen molar-refractivity contribution >= 4 is 0 Å². The van der Waals surface area contributed by atoms with Crippen molar-refractivity contribution in [1.82, 2.24) is 4.90 Å². The number of rotatable bonds is 5. The van der Waals surface area contributed by atoms with Gasteiger partial charge in [-0.1, -0.05) is 13.3 Å². The Bertz CT molecular complexity index is 138. The average molecular weight is 185 g/mol. The largest absolute Gasteiger partial charge is 0.396 e. The first-order valence-corrected chi connectivity index (χ1v) is 5.62. The molecule has 1 aliphatic heterocycles. The van der Waals surface area contributed by atoms with Gasteiger partial charge in [0.15, 0.2) is 0 Å². The minimum absolute atomic E-state index is 0.362. The van der Waals surface area contributed by atoms with E-state index in [-0.39, 0.29) is 0 Å². The van der Waals surface area contributed by atoms with Crippen LogP contribution in [0.25, 0.3) is 0 Å². The van der Waals surface area contributed by atoms with Crippen LogP contribution in [0.5, 0.6) is 0 Å². The molecule has 1 saturated heterocycles. The third-order valence-electron chi connectivity index (χ3n) is 3.18. The highest BCUT2D eigenvalue weighted by atomic mass is 16.3. The van der Waals surface area contributed by atoms with Crippen molar-refractivity contribution in [3.05, 3.63) is 0 Å². The molecule has 2 unspecified atom stereocenters. The van der Waals surface area contributed by atoms with E-state index in [0.29, 0.717) is 6.61 Å². The maximum atomic E-state index is 8.84. The summed E-state index contributed by atoms with van der Waals surface area (Å²) in [5, 5.41) is 8.84. The van der Waals surface area contributed by atoms with Crippen LogP contribution in [0.15, 0.2) is 0 Å². The minimum Gasteiger partial charge on any atom is -0.396 e. The van der Waals surface area contributed by atoms with Gasteiger partial charge in [-0.2, -0.15) is 0 Å². The molecule has 1 N–H and O–H groups in total. The molecule has 0 radical (unpaired) electrons. The van der Waals surface area contributed by atoms with Gasteiger partial charge < -0.3 is 10.0 Å². The van der Waals surface area contributed by atoms with Gasteiger partial charge in [-0.05, 0) is 38.6 Å². The summed E-state index contributed by atoms with van der Waals surface area (Å²) in [5.74, 6) is 0.754. The molecule has 0 amide bonds. The van der Waals surface area contributed by atoms with Crippen molar-refractivity contribution in [2.24, 2.45) is 5.92 Å². The molecular formula is C11H23NO. The fourth-order valence-electron chi connectivity index (χ4n) is 2.28. The minimum atomic E-state index is 0.362. The van der Waals surface area contributed by atoms with E-state index in [1.807, 2.05) is 0 Å². The lowest BCUT2D eigenvalue weighted by molar-refractivity contribution is 0.220. The van der Waals surface area contributed by atoms with Gasteiger partial charge in [-0.15, -0.1) is 0 Å². The molecule has 2 heteroatoms. The van der Waals surface area contributed by atoms with Crippen molar-refractivity contribution < 1.29 is 5.11 Å². The predicted octanol–water partition coefficient (Wildman–Crippen LogP) is 1.88. The van der Waals surface area contributed by atoms with Gasteiger partial charge in [0.05, 0.1) is 0 Å². The number of hydrogen-bond acceptors (Lipinski definition) is 2. The Morgan fingerprint density at radius 1 is 1.54 bits per heavy atom. The van der Waals surface area contributed by atoms with Crippen LogP contribution >= 0.6 is 0 Å². The second kappa shape index (κ2) is 5.61. The Labute approximate surface area is 81.9 Å². The average Bonchev–Trinajstić information content (AvgIpc) is 2.54. The first-order valence-electron chi connectivity index (χ1n) is 5.62. The van der Waals surface area contributed by atoms with E-state index in [1.54, 1.807) is 0 Å². The monoisotopic (exact) mass is 185 g/mol. The van der Waals surface area contributed by atoms with Crippen LogP contribution in [0.3, 0.4) is 0 Å². The Balaban J connectivity index is 2.23. The molecule has 0 aromatic heterocycles. The van der Waals surface area contributed by atoms with Crippen molar-refractivity contribution in [3.8, 4) is 0 Å². The summed E-state index contributed by atoms with van der Waals surface area (Å²) in [4.78, 5) is 2.57. The second-order valence-electron chi connectivity index (χ2n) is 4.30. The molecule has 2 nitrogen and oxygen atoms in total. The summed E-state index contributed by atoms with van der Waals surface area (Å²) in [7, 11) is 0. The van der Waals surface area contributed by atoms with Crippen LogP contribution < -0.4 is 0 Å². The fourth-order valence-corrected chi connectivity index (χ4v) is 2.28. The highest BCUT2D eigenvalue weighted by Crippen LogP contribution is 2.22. The SMILES string of the molecule is CCCC(C)N1CCC(CCO)C1. The quantitative estimate of drug-likeness (QED) is 0.707. The number of aliphatic hydroxyl groups excluding tert-OH is 1. The Morgan fingerprint density at radius 3 is 2.92 bits per heavy atom.